The lowest BCUT2D eigenvalue weighted by Crippen LogP contribution is -2.10. The third-order valence-corrected chi connectivity index (χ3v) is 12.2. The Hall–Kier alpha value is -7.40. The third-order valence-electron chi connectivity index (χ3n) is 11.1. The van der Waals surface area contributed by atoms with Gasteiger partial charge in [0.1, 0.15) is 11.2 Å². The number of nitrogens with zero attached hydrogens (tertiary/aromatic N) is 2. The Morgan fingerprint density at radius 1 is 0.310 bits per heavy atom. The number of benzene rings is 9. The van der Waals surface area contributed by atoms with Crippen LogP contribution in [0.15, 0.2) is 223 Å². The quantitative estimate of drug-likeness (QED) is 0.154. The van der Waals surface area contributed by atoms with Crippen molar-refractivity contribution in [2.75, 3.05) is 9.80 Å². The van der Waals surface area contributed by atoms with Gasteiger partial charge in [0, 0.05) is 65.4 Å². The van der Waals surface area contributed by atoms with Gasteiger partial charge in [-0.2, -0.15) is 0 Å². The van der Waals surface area contributed by atoms with E-state index in [-0.39, 0.29) is 0 Å². The van der Waals surface area contributed by atoms with E-state index < -0.39 is 0 Å². The Labute approximate surface area is 340 Å². The highest BCUT2D eigenvalue weighted by molar-refractivity contribution is 7.26. The van der Waals surface area contributed by atoms with Gasteiger partial charge in [-0.3, -0.25) is 0 Å². The molecule has 0 saturated heterocycles. The minimum absolute atomic E-state index is 0.866. The SMILES string of the molecule is c1ccc(-c2ccc(N(c3ccc4c(c3)oc3ccccc34)c3ccc4sc5cccc(N(c6ccccc6)c6ccc(-c7ccccc7)cc6)c5c4c3)cc2)cc1. The molecule has 0 amide bonds. The van der Waals surface area contributed by atoms with Crippen LogP contribution in [-0.2, 0) is 0 Å². The fraction of sp³-hybridized carbons (Fsp3) is 0. The molecule has 0 aliphatic heterocycles. The van der Waals surface area contributed by atoms with Crippen LogP contribution in [0.2, 0.25) is 0 Å². The summed E-state index contributed by atoms with van der Waals surface area (Å²) in [6.07, 6.45) is 0. The number of thiophene rings is 1. The molecule has 2 aromatic heterocycles. The fourth-order valence-electron chi connectivity index (χ4n) is 8.29. The monoisotopic (exact) mass is 760 g/mol. The molecule has 0 fully saturated rings. The van der Waals surface area contributed by atoms with Gasteiger partial charge in [0.15, 0.2) is 0 Å². The lowest BCUT2D eigenvalue weighted by atomic mass is 10.0. The highest BCUT2D eigenvalue weighted by Crippen LogP contribution is 2.47. The van der Waals surface area contributed by atoms with E-state index in [1.165, 1.54) is 42.4 Å². The van der Waals surface area contributed by atoms with Crippen LogP contribution in [-0.4, -0.2) is 0 Å². The highest BCUT2D eigenvalue weighted by atomic mass is 32.1. The lowest BCUT2D eigenvalue weighted by Gasteiger charge is -2.27. The van der Waals surface area contributed by atoms with Gasteiger partial charge < -0.3 is 14.2 Å². The molecule has 0 atom stereocenters. The highest BCUT2D eigenvalue weighted by Gasteiger charge is 2.21. The zero-order chi connectivity index (χ0) is 38.4. The second kappa shape index (κ2) is 14.3. The molecule has 2 heterocycles. The number of rotatable bonds is 8. The summed E-state index contributed by atoms with van der Waals surface area (Å²) in [5.74, 6) is 0. The predicted octanol–water partition coefficient (Wildman–Crippen LogP) is 16.2. The van der Waals surface area contributed by atoms with Crippen LogP contribution in [0.5, 0.6) is 0 Å². The summed E-state index contributed by atoms with van der Waals surface area (Å²) in [6, 6.07) is 78.1. The zero-order valence-electron chi connectivity index (χ0n) is 31.5. The summed E-state index contributed by atoms with van der Waals surface area (Å²) in [6.45, 7) is 0. The molecule has 0 bridgehead atoms. The van der Waals surface area contributed by atoms with E-state index in [0.29, 0.717) is 0 Å². The Bertz CT molecular complexity index is 3210. The van der Waals surface area contributed by atoms with Crippen molar-refractivity contribution in [3.8, 4) is 22.3 Å². The number of hydrogen-bond donors (Lipinski definition) is 0. The molecule has 58 heavy (non-hydrogen) atoms. The number of hydrogen-bond acceptors (Lipinski definition) is 4. The molecule has 0 N–H and O–H groups in total. The van der Waals surface area contributed by atoms with E-state index in [1.54, 1.807) is 0 Å². The maximum atomic E-state index is 6.44. The summed E-state index contributed by atoms with van der Waals surface area (Å²) in [5.41, 5.74) is 13.1. The first-order valence-electron chi connectivity index (χ1n) is 19.6. The molecule has 4 heteroatoms. The van der Waals surface area contributed by atoms with Crippen molar-refractivity contribution < 1.29 is 4.42 Å². The molecule has 0 aliphatic carbocycles. The smallest absolute Gasteiger partial charge is 0.137 e. The van der Waals surface area contributed by atoms with Gasteiger partial charge in [-0.15, -0.1) is 11.3 Å². The van der Waals surface area contributed by atoms with Crippen molar-refractivity contribution in [2.24, 2.45) is 0 Å². The van der Waals surface area contributed by atoms with Crippen LogP contribution >= 0.6 is 11.3 Å². The summed E-state index contributed by atoms with van der Waals surface area (Å²) >= 11 is 1.84. The topological polar surface area (TPSA) is 19.6 Å². The molecular weight excluding hydrogens is 725 g/mol. The van der Waals surface area contributed by atoms with E-state index in [9.17, 15) is 0 Å². The first-order valence-corrected chi connectivity index (χ1v) is 20.4. The minimum Gasteiger partial charge on any atom is -0.456 e. The maximum Gasteiger partial charge on any atom is 0.137 e. The minimum atomic E-state index is 0.866. The van der Waals surface area contributed by atoms with Crippen LogP contribution in [0.4, 0.5) is 34.1 Å². The van der Waals surface area contributed by atoms with Crippen LogP contribution in [0.3, 0.4) is 0 Å². The van der Waals surface area contributed by atoms with Crippen molar-refractivity contribution in [1.29, 1.82) is 0 Å². The predicted molar refractivity (Wildman–Crippen MR) is 247 cm³/mol. The number of anilines is 6. The first-order chi connectivity index (χ1) is 28.7. The van der Waals surface area contributed by atoms with E-state index in [2.05, 4.69) is 216 Å². The van der Waals surface area contributed by atoms with Crippen LogP contribution < -0.4 is 9.80 Å². The Morgan fingerprint density at radius 2 is 0.828 bits per heavy atom. The van der Waals surface area contributed by atoms with Crippen molar-refractivity contribution in [3.05, 3.63) is 218 Å². The van der Waals surface area contributed by atoms with Crippen molar-refractivity contribution in [3.63, 3.8) is 0 Å². The molecule has 0 spiro atoms. The zero-order valence-corrected chi connectivity index (χ0v) is 32.3. The van der Waals surface area contributed by atoms with Crippen molar-refractivity contribution in [2.45, 2.75) is 0 Å². The summed E-state index contributed by atoms with van der Waals surface area (Å²) in [7, 11) is 0. The van der Waals surface area contributed by atoms with E-state index in [0.717, 1.165) is 56.1 Å². The normalized spacial score (nSPS) is 11.4. The van der Waals surface area contributed by atoms with E-state index in [4.69, 9.17) is 4.42 Å². The van der Waals surface area contributed by atoms with Gasteiger partial charge >= 0.3 is 0 Å². The molecule has 0 unspecified atom stereocenters. The van der Waals surface area contributed by atoms with Gasteiger partial charge in [0.25, 0.3) is 0 Å². The average molecular weight is 761 g/mol. The fourth-order valence-corrected chi connectivity index (χ4v) is 9.40. The second-order valence-corrected chi connectivity index (χ2v) is 15.6. The molecule has 0 radical (unpaired) electrons. The van der Waals surface area contributed by atoms with Crippen molar-refractivity contribution >= 4 is 87.6 Å². The molecular formula is C54H36N2OS. The molecule has 11 aromatic rings. The average Bonchev–Trinajstić information content (AvgIpc) is 3.86. The standard InChI is InChI=1S/C54H36N2OS/c1-4-13-37(14-5-1)39-23-27-42(28-24-39)55(45-31-33-47-46-19-10-11-21-50(46)57-51(47)36-45)44-32-34-52-48(35-44)54-49(20-12-22-53(54)58-52)56(41-17-8-3-9-18-41)43-29-25-40(26-30-43)38-15-6-2-7-16-38/h1-36H. The molecule has 274 valence electrons. The van der Waals surface area contributed by atoms with Crippen molar-refractivity contribution in [1.82, 2.24) is 0 Å². The van der Waals surface area contributed by atoms with E-state index in [1.807, 2.05) is 23.5 Å². The lowest BCUT2D eigenvalue weighted by molar-refractivity contribution is 0.669. The number of fused-ring (bicyclic) bond motifs is 6. The van der Waals surface area contributed by atoms with Crippen LogP contribution in [0.25, 0.3) is 64.4 Å². The Balaban J connectivity index is 1.09. The Morgan fingerprint density at radius 3 is 1.52 bits per heavy atom. The summed E-state index contributed by atoms with van der Waals surface area (Å²) in [4.78, 5) is 4.75. The maximum absolute atomic E-state index is 6.44. The number of furan rings is 1. The van der Waals surface area contributed by atoms with Gasteiger partial charge in [0.05, 0.1) is 5.69 Å². The van der Waals surface area contributed by atoms with Gasteiger partial charge in [-0.25, -0.2) is 0 Å². The first kappa shape index (κ1) is 33.9. The van der Waals surface area contributed by atoms with Crippen LogP contribution in [0, 0.1) is 0 Å². The van der Waals surface area contributed by atoms with Gasteiger partial charge in [-0.05, 0) is 107 Å². The van der Waals surface area contributed by atoms with Crippen LogP contribution in [0.1, 0.15) is 0 Å². The van der Waals surface area contributed by atoms with E-state index >= 15 is 0 Å². The molecule has 0 aliphatic rings. The molecule has 9 aromatic carbocycles. The Kier molecular flexibility index (Phi) is 8.34. The molecule has 0 saturated carbocycles. The van der Waals surface area contributed by atoms with Gasteiger partial charge in [0.2, 0.25) is 0 Å². The second-order valence-electron chi connectivity index (χ2n) is 14.5. The molecule has 3 nitrogen and oxygen atoms in total. The third kappa shape index (κ3) is 5.99. The number of para-hydroxylation sites is 2. The molecule has 11 rings (SSSR count). The summed E-state index contributed by atoms with van der Waals surface area (Å²) < 4.78 is 8.92. The summed E-state index contributed by atoms with van der Waals surface area (Å²) in [5, 5.41) is 4.68. The van der Waals surface area contributed by atoms with Gasteiger partial charge in [-0.1, -0.05) is 127 Å². The largest absolute Gasteiger partial charge is 0.456 e.